The molecule has 0 bridgehead atoms. The van der Waals surface area contributed by atoms with E-state index in [4.69, 9.17) is 5.73 Å². The van der Waals surface area contributed by atoms with Crippen molar-refractivity contribution < 1.29 is 8.42 Å². The summed E-state index contributed by atoms with van der Waals surface area (Å²) in [5, 5.41) is 3.08. The van der Waals surface area contributed by atoms with Gasteiger partial charge in [-0.3, -0.25) is 0 Å². The second-order valence-corrected chi connectivity index (χ2v) is 6.02. The van der Waals surface area contributed by atoms with Crippen molar-refractivity contribution in [3.8, 4) is 0 Å². The lowest BCUT2D eigenvalue weighted by atomic mass is 10.3. The molecule has 0 amide bonds. The van der Waals surface area contributed by atoms with Crippen molar-refractivity contribution >= 4 is 37.3 Å². The average Bonchev–Trinajstić information content (AvgIpc) is 2.13. The van der Waals surface area contributed by atoms with Gasteiger partial charge in [-0.1, -0.05) is 0 Å². The summed E-state index contributed by atoms with van der Waals surface area (Å²) in [5.74, 6) is 0. The minimum Gasteiger partial charge on any atom is -0.399 e. The van der Waals surface area contributed by atoms with Crippen molar-refractivity contribution in [3.63, 3.8) is 0 Å². The maximum atomic E-state index is 10.8. The van der Waals surface area contributed by atoms with Crippen LogP contribution in [0.3, 0.4) is 0 Å². The first-order valence-corrected chi connectivity index (χ1v) is 7.30. The van der Waals surface area contributed by atoms with Crippen molar-refractivity contribution in [1.29, 1.82) is 0 Å². The average molecular weight is 308 g/mol. The number of nitrogens with one attached hydrogen (secondary N) is 2. The summed E-state index contributed by atoms with van der Waals surface area (Å²) in [5.41, 5.74) is 7.14. The Hall–Kier alpha value is -0.790. The van der Waals surface area contributed by atoms with E-state index in [9.17, 15) is 8.42 Å². The Morgan fingerprint density at radius 1 is 1.38 bits per heavy atom. The summed E-state index contributed by atoms with van der Waals surface area (Å²) in [4.78, 5) is 0. The minimum atomic E-state index is -3.12. The summed E-state index contributed by atoms with van der Waals surface area (Å²) in [6.07, 6.45) is 1.13. The van der Waals surface area contributed by atoms with Gasteiger partial charge in [0.2, 0.25) is 10.0 Å². The number of nitrogen functional groups attached to an aromatic ring is 1. The van der Waals surface area contributed by atoms with Gasteiger partial charge < -0.3 is 11.1 Å². The quantitative estimate of drug-likeness (QED) is 0.559. The van der Waals surface area contributed by atoms with Crippen LogP contribution in [-0.2, 0) is 10.0 Å². The fraction of sp³-hybridized carbons (Fsp3) is 0.333. The zero-order chi connectivity index (χ0) is 12.2. The number of rotatable bonds is 5. The molecule has 90 valence electrons. The molecular formula is C9H14BrN3O2S. The summed E-state index contributed by atoms with van der Waals surface area (Å²) in [6.45, 7) is 0.852. The second-order valence-electron chi connectivity index (χ2n) is 3.33. The van der Waals surface area contributed by atoms with Crippen LogP contribution < -0.4 is 15.8 Å². The predicted octanol–water partition coefficient (Wildman–Crippen LogP) is 0.992. The van der Waals surface area contributed by atoms with Gasteiger partial charge in [0.1, 0.15) is 0 Å². The highest BCUT2D eigenvalue weighted by Gasteiger charge is 2.01. The molecule has 7 heteroatoms. The van der Waals surface area contributed by atoms with E-state index in [1.165, 1.54) is 0 Å². The molecule has 0 aromatic heterocycles. The van der Waals surface area contributed by atoms with Crippen LogP contribution in [0.4, 0.5) is 11.4 Å². The zero-order valence-corrected chi connectivity index (χ0v) is 11.2. The Labute approximate surface area is 104 Å². The van der Waals surface area contributed by atoms with Gasteiger partial charge >= 0.3 is 0 Å². The van der Waals surface area contributed by atoms with Crippen LogP contribution in [0.5, 0.6) is 0 Å². The molecule has 0 aliphatic heterocycles. The Morgan fingerprint density at radius 3 is 2.62 bits per heavy atom. The monoisotopic (exact) mass is 307 g/mol. The van der Waals surface area contributed by atoms with Gasteiger partial charge in [-0.05, 0) is 34.1 Å². The van der Waals surface area contributed by atoms with E-state index in [0.29, 0.717) is 18.8 Å². The van der Waals surface area contributed by atoms with Crippen LogP contribution in [0.2, 0.25) is 0 Å². The van der Waals surface area contributed by atoms with Crippen LogP contribution in [0, 0.1) is 0 Å². The molecule has 1 rings (SSSR count). The van der Waals surface area contributed by atoms with E-state index < -0.39 is 10.0 Å². The van der Waals surface area contributed by atoms with Gasteiger partial charge in [-0.2, -0.15) is 0 Å². The number of sulfonamides is 1. The van der Waals surface area contributed by atoms with E-state index in [2.05, 4.69) is 26.0 Å². The molecule has 0 heterocycles. The first-order chi connectivity index (χ1) is 7.38. The van der Waals surface area contributed by atoms with Gasteiger partial charge in [0.15, 0.2) is 0 Å². The first-order valence-electron chi connectivity index (χ1n) is 4.62. The highest BCUT2D eigenvalue weighted by Crippen LogP contribution is 2.24. The maximum Gasteiger partial charge on any atom is 0.208 e. The van der Waals surface area contributed by atoms with E-state index >= 15 is 0 Å². The van der Waals surface area contributed by atoms with Crippen LogP contribution in [0.1, 0.15) is 0 Å². The Balaban J connectivity index is 2.43. The minimum absolute atomic E-state index is 0.343. The lowest BCUT2D eigenvalue weighted by Gasteiger charge is -2.09. The highest BCUT2D eigenvalue weighted by molar-refractivity contribution is 9.10. The lowest BCUT2D eigenvalue weighted by Crippen LogP contribution is -2.27. The molecular weight excluding hydrogens is 294 g/mol. The topological polar surface area (TPSA) is 84.2 Å². The SMILES string of the molecule is CS(=O)(=O)NCCNc1ccc(N)cc1Br. The number of hydrogen-bond donors (Lipinski definition) is 3. The van der Waals surface area contributed by atoms with Crippen molar-refractivity contribution in [2.45, 2.75) is 0 Å². The number of anilines is 2. The van der Waals surface area contributed by atoms with E-state index in [1.807, 2.05) is 6.07 Å². The number of halogens is 1. The molecule has 5 nitrogen and oxygen atoms in total. The third-order valence-corrected chi connectivity index (χ3v) is 3.18. The van der Waals surface area contributed by atoms with Crippen molar-refractivity contribution in [2.75, 3.05) is 30.4 Å². The highest BCUT2D eigenvalue weighted by atomic mass is 79.9. The molecule has 0 saturated carbocycles. The Bertz CT molecular complexity index is 462. The van der Waals surface area contributed by atoms with E-state index in [-0.39, 0.29) is 0 Å². The molecule has 0 atom stereocenters. The maximum absolute atomic E-state index is 10.8. The van der Waals surface area contributed by atoms with Crippen molar-refractivity contribution in [2.24, 2.45) is 0 Å². The number of hydrogen-bond acceptors (Lipinski definition) is 4. The third-order valence-electron chi connectivity index (χ3n) is 1.80. The molecule has 1 aromatic rings. The molecule has 0 aliphatic carbocycles. The molecule has 0 fully saturated rings. The fourth-order valence-electron chi connectivity index (χ4n) is 1.11. The number of nitrogens with two attached hydrogens (primary N) is 1. The van der Waals surface area contributed by atoms with Crippen molar-refractivity contribution in [1.82, 2.24) is 4.72 Å². The Morgan fingerprint density at radius 2 is 2.06 bits per heavy atom. The van der Waals surface area contributed by atoms with Crippen LogP contribution >= 0.6 is 15.9 Å². The van der Waals surface area contributed by atoms with Crippen LogP contribution in [-0.4, -0.2) is 27.8 Å². The molecule has 0 spiro atoms. The van der Waals surface area contributed by atoms with E-state index in [0.717, 1.165) is 16.4 Å². The van der Waals surface area contributed by atoms with E-state index in [1.54, 1.807) is 12.1 Å². The van der Waals surface area contributed by atoms with Gasteiger partial charge in [0, 0.05) is 28.9 Å². The Kier molecular flexibility index (Phi) is 4.57. The third kappa shape index (κ3) is 4.82. The number of benzene rings is 1. The molecule has 0 unspecified atom stereocenters. The molecule has 16 heavy (non-hydrogen) atoms. The van der Waals surface area contributed by atoms with Gasteiger partial charge in [-0.15, -0.1) is 0 Å². The van der Waals surface area contributed by atoms with Crippen LogP contribution in [0.25, 0.3) is 0 Å². The standard InChI is InChI=1S/C9H14BrN3O2S/c1-16(14,15)13-5-4-12-9-3-2-7(11)6-8(9)10/h2-3,6,12-13H,4-5,11H2,1H3. The summed E-state index contributed by atoms with van der Waals surface area (Å²) >= 11 is 3.36. The molecule has 0 saturated heterocycles. The molecule has 1 aromatic carbocycles. The molecule has 4 N–H and O–H groups in total. The smallest absolute Gasteiger partial charge is 0.208 e. The molecule has 0 radical (unpaired) electrons. The lowest BCUT2D eigenvalue weighted by molar-refractivity contribution is 0.589. The zero-order valence-electron chi connectivity index (χ0n) is 8.83. The van der Waals surface area contributed by atoms with Gasteiger partial charge in [0.05, 0.1) is 6.26 Å². The van der Waals surface area contributed by atoms with Gasteiger partial charge in [0.25, 0.3) is 0 Å². The summed E-state index contributed by atoms with van der Waals surface area (Å²) in [6, 6.07) is 5.39. The molecule has 0 aliphatic rings. The largest absolute Gasteiger partial charge is 0.399 e. The summed E-state index contributed by atoms with van der Waals surface area (Å²) in [7, 11) is -3.12. The normalized spacial score (nSPS) is 11.4. The fourth-order valence-corrected chi connectivity index (χ4v) is 2.12. The van der Waals surface area contributed by atoms with Gasteiger partial charge in [-0.25, -0.2) is 13.1 Å². The van der Waals surface area contributed by atoms with Crippen molar-refractivity contribution in [3.05, 3.63) is 22.7 Å². The van der Waals surface area contributed by atoms with Crippen LogP contribution in [0.15, 0.2) is 22.7 Å². The second kappa shape index (κ2) is 5.51. The predicted molar refractivity (Wildman–Crippen MR) is 69.9 cm³/mol. The summed E-state index contributed by atoms with van der Waals surface area (Å²) < 4.78 is 24.8. The first kappa shape index (κ1) is 13.3.